The van der Waals surface area contributed by atoms with Crippen LogP contribution in [-0.4, -0.2) is 48.7 Å². The fourth-order valence-electron chi connectivity index (χ4n) is 3.82. The predicted molar refractivity (Wildman–Crippen MR) is 110 cm³/mol. The largest absolute Gasteiger partial charge is 0.347 e. The lowest BCUT2D eigenvalue weighted by Crippen LogP contribution is -2.25. The first kappa shape index (κ1) is 21.9. The Balaban J connectivity index is 1.79. The molecular formula is C21H19ClF3N3O2S. The summed E-state index contributed by atoms with van der Waals surface area (Å²) in [6, 6.07) is 7.28. The van der Waals surface area contributed by atoms with Crippen LogP contribution in [0, 0.1) is 17.5 Å². The molecular weight excluding hydrogens is 451 g/mol. The number of nitrogens with one attached hydrogen (secondary N) is 1. The zero-order valence-electron chi connectivity index (χ0n) is 16.4. The molecule has 0 bridgehead atoms. The molecule has 4 rings (SSSR count). The zero-order chi connectivity index (χ0) is 22.3. The summed E-state index contributed by atoms with van der Waals surface area (Å²) in [5.74, 6) is -3.35. The Hall–Kier alpha value is -2.36. The molecule has 5 nitrogen and oxygen atoms in total. The Labute approximate surface area is 182 Å². The predicted octanol–water partition coefficient (Wildman–Crippen LogP) is 4.14. The van der Waals surface area contributed by atoms with Gasteiger partial charge in [0.15, 0.2) is 16.7 Å². The first-order valence-electron chi connectivity index (χ1n) is 9.54. The van der Waals surface area contributed by atoms with Crippen molar-refractivity contribution in [1.29, 1.82) is 0 Å². The van der Waals surface area contributed by atoms with Crippen molar-refractivity contribution in [2.75, 3.05) is 20.1 Å². The summed E-state index contributed by atoms with van der Waals surface area (Å²) in [5, 5.41) is -0.849. The lowest BCUT2D eigenvalue weighted by Gasteiger charge is -2.17. The van der Waals surface area contributed by atoms with Crippen molar-refractivity contribution in [1.82, 2.24) is 14.9 Å². The second-order valence-electron chi connectivity index (χ2n) is 7.62. The maximum absolute atomic E-state index is 14.0. The van der Waals surface area contributed by atoms with E-state index in [4.69, 9.17) is 11.6 Å². The Morgan fingerprint density at radius 3 is 2.39 bits per heavy atom. The number of halogens is 4. The molecule has 10 heteroatoms. The molecule has 1 N–H and O–H groups in total. The number of hydrogen-bond donors (Lipinski definition) is 1. The highest BCUT2D eigenvalue weighted by atomic mass is 35.5. The minimum absolute atomic E-state index is 0.122. The van der Waals surface area contributed by atoms with Gasteiger partial charge >= 0.3 is 0 Å². The summed E-state index contributed by atoms with van der Waals surface area (Å²) < 4.78 is 67.1. The van der Waals surface area contributed by atoms with Crippen molar-refractivity contribution >= 4 is 21.4 Å². The molecule has 1 aromatic heterocycles. The number of sulfone groups is 1. The van der Waals surface area contributed by atoms with Gasteiger partial charge in [-0.05, 0) is 55.4 Å². The number of benzene rings is 2. The molecule has 1 aliphatic rings. The van der Waals surface area contributed by atoms with Crippen molar-refractivity contribution in [3.63, 3.8) is 0 Å². The SMILES string of the molecule is CN1CCC(S(=O)(=O)c2c[nH]c(C(c3ccc(F)c(F)c3)c3ccc(F)c(Cl)c3)n2)C1. The summed E-state index contributed by atoms with van der Waals surface area (Å²) in [7, 11) is -1.83. The fourth-order valence-corrected chi connectivity index (χ4v) is 5.67. The van der Waals surface area contributed by atoms with Crippen LogP contribution in [0.1, 0.15) is 29.3 Å². The van der Waals surface area contributed by atoms with Crippen molar-refractivity contribution in [2.24, 2.45) is 0 Å². The summed E-state index contributed by atoms with van der Waals surface area (Å²) in [6.45, 7) is 1.08. The highest BCUT2D eigenvalue weighted by Gasteiger charge is 2.35. The fraction of sp³-hybridized carbons (Fsp3) is 0.286. The van der Waals surface area contributed by atoms with E-state index in [2.05, 4.69) is 9.97 Å². The summed E-state index contributed by atoms with van der Waals surface area (Å²) in [4.78, 5) is 9.08. The Morgan fingerprint density at radius 1 is 1.10 bits per heavy atom. The van der Waals surface area contributed by atoms with Gasteiger partial charge in [0.05, 0.1) is 16.2 Å². The topological polar surface area (TPSA) is 66.1 Å². The lowest BCUT2D eigenvalue weighted by molar-refractivity contribution is 0.417. The molecule has 0 saturated carbocycles. The van der Waals surface area contributed by atoms with E-state index in [-0.39, 0.29) is 15.9 Å². The van der Waals surface area contributed by atoms with Gasteiger partial charge in [0.2, 0.25) is 9.84 Å². The number of H-pyrrole nitrogens is 1. The van der Waals surface area contributed by atoms with Crippen LogP contribution in [0.3, 0.4) is 0 Å². The highest BCUT2D eigenvalue weighted by molar-refractivity contribution is 7.92. The summed E-state index contributed by atoms with van der Waals surface area (Å²) >= 11 is 5.93. The number of hydrogen-bond acceptors (Lipinski definition) is 4. The monoisotopic (exact) mass is 469 g/mol. The normalized spacial score (nSPS) is 18.4. The second kappa shape index (κ2) is 8.29. The molecule has 3 aromatic rings. The third kappa shape index (κ3) is 4.22. The van der Waals surface area contributed by atoms with E-state index in [1.807, 2.05) is 11.9 Å². The van der Waals surface area contributed by atoms with Gasteiger partial charge in [0.25, 0.3) is 0 Å². The van der Waals surface area contributed by atoms with Gasteiger partial charge in [-0.25, -0.2) is 26.6 Å². The molecule has 0 amide bonds. The Morgan fingerprint density at radius 2 is 1.77 bits per heavy atom. The quantitative estimate of drug-likeness (QED) is 0.610. The molecule has 2 atom stereocenters. The van der Waals surface area contributed by atoms with Gasteiger partial charge in [0.1, 0.15) is 11.6 Å². The molecule has 1 saturated heterocycles. The van der Waals surface area contributed by atoms with Gasteiger partial charge in [-0.3, -0.25) is 0 Å². The van der Waals surface area contributed by atoms with Crippen LogP contribution in [0.25, 0.3) is 0 Å². The van der Waals surface area contributed by atoms with Crippen molar-refractivity contribution in [2.45, 2.75) is 22.6 Å². The van der Waals surface area contributed by atoms with Gasteiger partial charge < -0.3 is 9.88 Å². The minimum Gasteiger partial charge on any atom is -0.347 e. The number of aromatic amines is 1. The molecule has 164 valence electrons. The Bertz CT molecular complexity index is 1180. The van der Waals surface area contributed by atoms with E-state index in [0.29, 0.717) is 30.6 Å². The van der Waals surface area contributed by atoms with Gasteiger partial charge in [-0.15, -0.1) is 0 Å². The first-order valence-corrected chi connectivity index (χ1v) is 11.5. The lowest BCUT2D eigenvalue weighted by atomic mass is 9.90. The molecule has 2 aromatic carbocycles. The molecule has 2 unspecified atom stereocenters. The molecule has 1 aliphatic heterocycles. The standard InChI is InChI=1S/C21H19ClF3N3O2S/c1-28-7-6-14(11-28)31(29,30)19-10-26-21(27-19)20(12-2-4-16(23)15(22)8-12)13-3-5-17(24)18(25)9-13/h2-5,8-10,14,20H,6-7,11H2,1H3,(H,26,27). The Kier molecular flexibility index (Phi) is 5.85. The van der Waals surface area contributed by atoms with E-state index < -0.39 is 38.5 Å². The smallest absolute Gasteiger partial charge is 0.201 e. The number of rotatable bonds is 5. The average Bonchev–Trinajstić information content (AvgIpc) is 3.38. The molecule has 31 heavy (non-hydrogen) atoms. The maximum atomic E-state index is 14.0. The van der Waals surface area contributed by atoms with E-state index in [0.717, 1.165) is 18.2 Å². The van der Waals surface area contributed by atoms with Crippen molar-refractivity contribution < 1.29 is 21.6 Å². The summed E-state index contributed by atoms with van der Waals surface area (Å²) in [6.07, 6.45) is 1.79. The molecule has 2 heterocycles. The number of imidazole rings is 1. The van der Waals surface area contributed by atoms with E-state index in [1.54, 1.807) is 0 Å². The van der Waals surface area contributed by atoms with Crippen LogP contribution in [0.4, 0.5) is 13.2 Å². The maximum Gasteiger partial charge on any atom is 0.201 e. The number of nitrogens with zero attached hydrogens (tertiary/aromatic N) is 2. The van der Waals surface area contributed by atoms with Crippen LogP contribution in [0.5, 0.6) is 0 Å². The second-order valence-corrected chi connectivity index (χ2v) is 10.2. The number of aromatic nitrogens is 2. The third-order valence-corrected chi connectivity index (χ3v) is 7.82. The molecule has 0 aliphatic carbocycles. The van der Waals surface area contributed by atoms with Gasteiger partial charge in [-0.1, -0.05) is 23.7 Å². The molecule has 0 spiro atoms. The average molecular weight is 470 g/mol. The van der Waals surface area contributed by atoms with Crippen molar-refractivity contribution in [3.05, 3.63) is 82.0 Å². The van der Waals surface area contributed by atoms with Crippen molar-refractivity contribution in [3.8, 4) is 0 Å². The molecule has 0 radical (unpaired) electrons. The summed E-state index contributed by atoms with van der Waals surface area (Å²) in [5.41, 5.74) is 0.747. The van der Waals surface area contributed by atoms with Gasteiger partial charge in [-0.2, -0.15) is 0 Å². The van der Waals surface area contributed by atoms with E-state index >= 15 is 0 Å². The van der Waals surface area contributed by atoms with Crippen LogP contribution < -0.4 is 0 Å². The van der Waals surface area contributed by atoms with Crippen LogP contribution >= 0.6 is 11.6 Å². The van der Waals surface area contributed by atoms with Crippen LogP contribution in [-0.2, 0) is 9.84 Å². The molecule has 1 fully saturated rings. The highest BCUT2D eigenvalue weighted by Crippen LogP contribution is 2.34. The van der Waals surface area contributed by atoms with E-state index in [9.17, 15) is 21.6 Å². The zero-order valence-corrected chi connectivity index (χ0v) is 18.0. The van der Waals surface area contributed by atoms with E-state index in [1.165, 1.54) is 24.4 Å². The van der Waals surface area contributed by atoms with Crippen LogP contribution in [0.2, 0.25) is 5.02 Å². The van der Waals surface area contributed by atoms with Gasteiger partial charge in [0, 0.05) is 12.7 Å². The first-order chi connectivity index (χ1) is 14.7. The minimum atomic E-state index is -3.68. The van der Waals surface area contributed by atoms with Crippen LogP contribution in [0.15, 0.2) is 47.6 Å². The number of likely N-dealkylation sites (tertiary alicyclic amines) is 1. The third-order valence-electron chi connectivity index (χ3n) is 5.48.